The number of nitrogens with zero attached hydrogens (tertiary/aromatic N) is 2. The number of hydrogen-bond acceptors (Lipinski definition) is 4. The Morgan fingerprint density at radius 2 is 2.10 bits per heavy atom. The number of carbonyl (C=O) groups is 1. The van der Waals surface area contributed by atoms with Crippen molar-refractivity contribution in [3.05, 3.63) is 64.2 Å². The lowest BCUT2D eigenvalue weighted by Crippen LogP contribution is -2.42. The summed E-state index contributed by atoms with van der Waals surface area (Å²) in [6.45, 7) is 2.02. The van der Waals surface area contributed by atoms with Gasteiger partial charge in [0.2, 0.25) is 5.91 Å². The third-order valence-corrected chi connectivity index (χ3v) is 5.01. The lowest BCUT2D eigenvalue weighted by molar-refractivity contribution is -0.275. The zero-order valence-corrected chi connectivity index (χ0v) is 16.6. The van der Waals surface area contributed by atoms with Gasteiger partial charge in [0.1, 0.15) is 11.5 Å². The SMILES string of the molecule is CCCC(=O)NCc1cnc(C2=NOC(c3cccc(F)c3)(C(F)(F)F)C2)cc1Cl. The van der Waals surface area contributed by atoms with Crippen LogP contribution in [0.15, 0.2) is 41.7 Å². The van der Waals surface area contributed by atoms with Gasteiger partial charge < -0.3 is 10.2 Å². The van der Waals surface area contributed by atoms with Crippen molar-refractivity contribution < 1.29 is 27.2 Å². The van der Waals surface area contributed by atoms with E-state index in [9.17, 15) is 22.4 Å². The van der Waals surface area contributed by atoms with Gasteiger partial charge in [-0.1, -0.05) is 35.8 Å². The molecule has 5 nitrogen and oxygen atoms in total. The van der Waals surface area contributed by atoms with Gasteiger partial charge in [-0.25, -0.2) is 4.39 Å². The number of pyridine rings is 1. The first-order chi connectivity index (χ1) is 14.2. The minimum atomic E-state index is -4.85. The molecule has 1 aliphatic rings. The molecule has 1 amide bonds. The van der Waals surface area contributed by atoms with E-state index in [1.54, 1.807) is 0 Å². The van der Waals surface area contributed by atoms with E-state index in [4.69, 9.17) is 16.4 Å². The van der Waals surface area contributed by atoms with Crippen molar-refractivity contribution in [3.8, 4) is 0 Å². The summed E-state index contributed by atoms with van der Waals surface area (Å²) in [6.07, 6.45) is -3.10. The second-order valence-electron chi connectivity index (χ2n) is 6.83. The second-order valence-corrected chi connectivity index (χ2v) is 7.24. The van der Waals surface area contributed by atoms with Gasteiger partial charge in [0.25, 0.3) is 5.60 Å². The van der Waals surface area contributed by atoms with E-state index in [-0.39, 0.29) is 28.9 Å². The summed E-state index contributed by atoms with van der Waals surface area (Å²) in [5.74, 6) is -0.958. The molecule has 160 valence electrons. The molecule has 0 aliphatic carbocycles. The van der Waals surface area contributed by atoms with E-state index in [0.29, 0.717) is 18.4 Å². The Bertz CT molecular complexity index is 981. The van der Waals surface area contributed by atoms with Crippen LogP contribution >= 0.6 is 11.6 Å². The average Bonchev–Trinajstić information content (AvgIpc) is 3.14. The lowest BCUT2D eigenvalue weighted by atomic mass is 9.87. The summed E-state index contributed by atoms with van der Waals surface area (Å²) in [7, 11) is 0. The fourth-order valence-electron chi connectivity index (χ4n) is 3.04. The van der Waals surface area contributed by atoms with Crippen LogP contribution in [-0.2, 0) is 21.8 Å². The fourth-order valence-corrected chi connectivity index (χ4v) is 3.26. The molecule has 1 unspecified atom stereocenters. The van der Waals surface area contributed by atoms with Gasteiger partial charge in [0.15, 0.2) is 0 Å². The average molecular weight is 444 g/mol. The molecule has 0 saturated carbocycles. The first kappa shape index (κ1) is 22.0. The van der Waals surface area contributed by atoms with Crippen LogP contribution in [0.5, 0.6) is 0 Å². The highest BCUT2D eigenvalue weighted by Gasteiger charge is 2.62. The smallest absolute Gasteiger partial charge is 0.374 e. The molecule has 10 heteroatoms. The van der Waals surface area contributed by atoms with Crippen molar-refractivity contribution in [1.29, 1.82) is 0 Å². The molecule has 2 heterocycles. The van der Waals surface area contributed by atoms with E-state index < -0.39 is 29.6 Å². The Labute approximate surface area is 175 Å². The lowest BCUT2D eigenvalue weighted by Gasteiger charge is -2.29. The fraction of sp³-hybridized carbons (Fsp3) is 0.350. The number of halogens is 5. The topological polar surface area (TPSA) is 63.6 Å². The predicted molar refractivity (Wildman–Crippen MR) is 102 cm³/mol. The quantitative estimate of drug-likeness (QED) is 0.648. The number of alkyl halides is 3. The largest absolute Gasteiger partial charge is 0.435 e. The van der Waals surface area contributed by atoms with Crippen LogP contribution < -0.4 is 5.32 Å². The predicted octanol–water partition coefficient (Wildman–Crippen LogP) is 4.87. The van der Waals surface area contributed by atoms with E-state index in [2.05, 4.69) is 15.5 Å². The highest BCUT2D eigenvalue weighted by Crippen LogP contribution is 2.48. The summed E-state index contributed by atoms with van der Waals surface area (Å²) in [5, 5.41) is 6.49. The number of rotatable bonds is 6. The van der Waals surface area contributed by atoms with Crippen LogP contribution in [0.2, 0.25) is 5.02 Å². The first-order valence-corrected chi connectivity index (χ1v) is 9.53. The van der Waals surface area contributed by atoms with Crippen molar-refractivity contribution in [3.63, 3.8) is 0 Å². The van der Waals surface area contributed by atoms with Crippen LogP contribution in [0.1, 0.15) is 43.0 Å². The Balaban J connectivity index is 1.82. The van der Waals surface area contributed by atoms with Crippen molar-refractivity contribution >= 4 is 23.2 Å². The number of carbonyl (C=O) groups excluding carboxylic acids is 1. The summed E-state index contributed by atoms with van der Waals surface area (Å²) < 4.78 is 55.2. The third-order valence-electron chi connectivity index (χ3n) is 4.66. The van der Waals surface area contributed by atoms with Gasteiger partial charge in [0, 0.05) is 35.3 Å². The molecule has 1 aromatic heterocycles. The van der Waals surface area contributed by atoms with Crippen LogP contribution in [0.4, 0.5) is 17.6 Å². The number of nitrogens with one attached hydrogen (secondary N) is 1. The molecule has 0 bridgehead atoms. The van der Waals surface area contributed by atoms with Crippen molar-refractivity contribution in [2.75, 3.05) is 0 Å². The Morgan fingerprint density at radius 3 is 2.73 bits per heavy atom. The zero-order chi connectivity index (χ0) is 21.9. The molecule has 0 fully saturated rings. The molecule has 1 aromatic carbocycles. The highest BCUT2D eigenvalue weighted by atomic mass is 35.5. The van der Waals surface area contributed by atoms with Crippen LogP contribution in [-0.4, -0.2) is 22.8 Å². The monoisotopic (exact) mass is 443 g/mol. The molecule has 0 spiro atoms. The number of benzene rings is 1. The van der Waals surface area contributed by atoms with Gasteiger partial charge >= 0.3 is 6.18 Å². The minimum Gasteiger partial charge on any atom is -0.374 e. The molecule has 1 aliphatic heterocycles. The standard InChI is InChI=1S/C20H18ClF4N3O2/c1-2-4-18(29)27-11-12-10-26-16(8-15(12)21)17-9-19(30-28-17,20(23,24)25)13-5-3-6-14(22)7-13/h3,5-8,10H,2,4,9,11H2,1H3,(H,27,29). The maximum atomic E-state index is 13.9. The maximum Gasteiger partial charge on any atom is 0.435 e. The maximum absolute atomic E-state index is 13.9. The highest BCUT2D eigenvalue weighted by molar-refractivity contribution is 6.31. The van der Waals surface area contributed by atoms with Crippen LogP contribution in [0.25, 0.3) is 0 Å². The molecule has 1 atom stereocenters. The van der Waals surface area contributed by atoms with Crippen molar-refractivity contribution in [2.24, 2.45) is 5.16 Å². The second kappa shape index (κ2) is 8.59. The number of amides is 1. The summed E-state index contributed by atoms with van der Waals surface area (Å²) >= 11 is 6.21. The van der Waals surface area contributed by atoms with Gasteiger partial charge in [0.05, 0.1) is 12.1 Å². The molecule has 0 saturated heterocycles. The Kier molecular flexibility index (Phi) is 6.30. The molecule has 1 N–H and O–H groups in total. The van der Waals surface area contributed by atoms with E-state index in [0.717, 1.165) is 18.2 Å². The number of oxime groups is 1. The summed E-state index contributed by atoms with van der Waals surface area (Å²) in [4.78, 5) is 20.5. The third kappa shape index (κ3) is 4.40. The van der Waals surface area contributed by atoms with E-state index in [1.807, 2.05) is 6.92 Å². The van der Waals surface area contributed by atoms with Crippen LogP contribution in [0, 0.1) is 5.82 Å². The minimum absolute atomic E-state index is 0.0694. The Morgan fingerprint density at radius 1 is 1.33 bits per heavy atom. The van der Waals surface area contributed by atoms with Gasteiger partial charge in [-0.15, -0.1) is 0 Å². The van der Waals surface area contributed by atoms with Crippen molar-refractivity contribution in [2.45, 2.75) is 44.5 Å². The van der Waals surface area contributed by atoms with E-state index in [1.165, 1.54) is 18.3 Å². The van der Waals surface area contributed by atoms with Gasteiger partial charge in [-0.05, 0) is 24.6 Å². The number of aromatic nitrogens is 1. The Hall–Kier alpha value is -2.68. The molecular weight excluding hydrogens is 426 g/mol. The van der Waals surface area contributed by atoms with Crippen molar-refractivity contribution in [1.82, 2.24) is 10.3 Å². The molecular formula is C20H18ClF4N3O2. The van der Waals surface area contributed by atoms with Gasteiger partial charge in [-0.3, -0.25) is 9.78 Å². The molecule has 30 heavy (non-hydrogen) atoms. The van der Waals surface area contributed by atoms with E-state index >= 15 is 0 Å². The van der Waals surface area contributed by atoms with Gasteiger partial charge in [-0.2, -0.15) is 13.2 Å². The summed E-state index contributed by atoms with van der Waals surface area (Å²) in [5.41, 5.74) is -2.66. The number of hydrogen-bond donors (Lipinski definition) is 1. The molecule has 2 aromatic rings. The molecule has 3 rings (SSSR count). The summed E-state index contributed by atoms with van der Waals surface area (Å²) in [6, 6.07) is 5.49. The zero-order valence-electron chi connectivity index (χ0n) is 15.9. The first-order valence-electron chi connectivity index (χ1n) is 9.15. The van der Waals surface area contributed by atoms with Crippen LogP contribution in [0.3, 0.4) is 0 Å². The molecule has 0 radical (unpaired) electrons. The normalized spacial score (nSPS) is 18.7.